The summed E-state index contributed by atoms with van der Waals surface area (Å²) in [5.41, 5.74) is 2.62. The van der Waals surface area contributed by atoms with Crippen molar-refractivity contribution in [1.82, 2.24) is 15.2 Å². The van der Waals surface area contributed by atoms with E-state index < -0.39 is 40.7 Å². The summed E-state index contributed by atoms with van der Waals surface area (Å²) in [7, 11) is 0. The van der Waals surface area contributed by atoms with Crippen molar-refractivity contribution < 1.29 is 26.3 Å². The van der Waals surface area contributed by atoms with Crippen LogP contribution in [0.2, 0.25) is 0 Å². The summed E-state index contributed by atoms with van der Waals surface area (Å²) in [5, 5.41) is 8.17. The Hall–Kier alpha value is -2.98. The number of benzene rings is 1. The minimum atomic E-state index is -5.25. The molecule has 0 aliphatic carbocycles. The molecule has 0 fully saturated rings. The van der Waals surface area contributed by atoms with E-state index in [1.807, 2.05) is 0 Å². The summed E-state index contributed by atoms with van der Waals surface area (Å²) in [6.07, 6.45) is -5.25. The Morgan fingerprint density at radius 3 is 2.46 bits per heavy atom. The number of nitrogens with zero attached hydrogens (tertiary/aromatic N) is 2. The molecule has 0 atom stereocenters. The van der Waals surface area contributed by atoms with E-state index in [1.165, 1.54) is 0 Å². The Bertz CT molecular complexity index is 933. The number of nitrogen functional groups attached to an aromatic ring is 1. The van der Waals surface area contributed by atoms with Gasteiger partial charge in [-0.1, -0.05) is 0 Å². The lowest BCUT2D eigenvalue weighted by Crippen LogP contribution is -2.13. The maximum atomic E-state index is 14.0. The van der Waals surface area contributed by atoms with Crippen LogP contribution in [-0.2, 0) is 6.18 Å². The Morgan fingerprint density at radius 2 is 1.79 bits per heavy atom. The number of pyridine rings is 1. The minimum absolute atomic E-state index is 0.0322. The standard InChI is InChI=1S/C13H7F6N5/c14-5-1-2-7(9(16)8(5)13(17,18)19)21-12-6(15)3-4-10(20)23-24-11(4)22-12/h1-3H,(H4,20,21,22,23,24). The number of hydrogen-bond acceptors (Lipinski definition) is 4. The van der Waals surface area contributed by atoms with Gasteiger partial charge in [-0.25, -0.2) is 18.2 Å². The highest BCUT2D eigenvalue weighted by atomic mass is 19.4. The maximum Gasteiger partial charge on any atom is 0.422 e. The molecule has 0 spiro atoms. The van der Waals surface area contributed by atoms with Crippen molar-refractivity contribution in [3.8, 4) is 0 Å². The van der Waals surface area contributed by atoms with Gasteiger partial charge in [0.05, 0.1) is 11.1 Å². The molecular formula is C13H7F6N5. The van der Waals surface area contributed by atoms with Crippen molar-refractivity contribution >= 4 is 28.4 Å². The van der Waals surface area contributed by atoms with Crippen LogP contribution in [0.5, 0.6) is 0 Å². The van der Waals surface area contributed by atoms with Crippen molar-refractivity contribution in [3.05, 3.63) is 41.2 Å². The molecular weight excluding hydrogens is 340 g/mol. The number of nitrogens with one attached hydrogen (secondary N) is 2. The van der Waals surface area contributed by atoms with Crippen LogP contribution in [0.15, 0.2) is 18.2 Å². The molecule has 2 aromatic heterocycles. The second-order valence-corrected chi connectivity index (χ2v) is 4.73. The maximum absolute atomic E-state index is 14.0. The first-order valence-corrected chi connectivity index (χ1v) is 6.31. The number of hydrogen-bond donors (Lipinski definition) is 3. The molecule has 11 heteroatoms. The molecule has 2 heterocycles. The van der Waals surface area contributed by atoms with Gasteiger partial charge in [0.1, 0.15) is 11.4 Å². The molecule has 0 saturated carbocycles. The van der Waals surface area contributed by atoms with Gasteiger partial charge < -0.3 is 11.1 Å². The first-order valence-electron chi connectivity index (χ1n) is 6.31. The van der Waals surface area contributed by atoms with Crippen LogP contribution >= 0.6 is 0 Å². The number of aromatic nitrogens is 3. The van der Waals surface area contributed by atoms with Gasteiger partial charge in [0, 0.05) is 0 Å². The zero-order valence-corrected chi connectivity index (χ0v) is 11.5. The first-order chi connectivity index (χ1) is 11.2. The summed E-state index contributed by atoms with van der Waals surface area (Å²) < 4.78 is 79.3. The molecule has 126 valence electrons. The third-order valence-corrected chi connectivity index (χ3v) is 3.16. The van der Waals surface area contributed by atoms with Crippen molar-refractivity contribution in [2.45, 2.75) is 6.18 Å². The van der Waals surface area contributed by atoms with Gasteiger partial charge in [-0.3, -0.25) is 5.10 Å². The number of aromatic amines is 1. The number of H-pyrrole nitrogens is 1. The van der Waals surface area contributed by atoms with Gasteiger partial charge in [0.15, 0.2) is 28.9 Å². The van der Waals surface area contributed by atoms with Gasteiger partial charge in [0.25, 0.3) is 0 Å². The van der Waals surface area contributed by atoms with Gasteiger partial charge in [-0.05, 0) is 18.2 Å². The van der Waals surface area contributed by atoms with Crippen LogP contribution in [-0.4, -0.2) is 15.2 Å². The van der Waals surface area contributed by atoms with Crippen molar-refractivity contribution in [2.75, 3.05) is 11.1 Å². The normalized spacial score (nSPS) is 11.9. The summed E-state index contributed by atoms with van der Waals surface area (Å²) in [4.78, 5) is 3.72. The number of anilines is 3. The van der Waals surface area contributed by atoms with E-state index in [0.717, 1.165) is 6.07 Å². The molecule has 1 aromatic carbocycles. The number of fused-ring (bicyclic) bond motifs is 1. The zero-order chi connectivity index (χ0) is 17.6. The summed E-state index contributed by atoms with van der Waals surface area (Å²) in [5.74, 6) is -5.31. The van der Waals surface area contributed by atoms with Crippen LogP contribution in [0.1, 0.15) is 5.56 Å². The Balaban J connectivity index is 2.07. The lowest BCUT2D eigenvalue weighted by molar-refractivity contribution is -0.142. The third-order valence-electron chi connectivity index (χ3n) is 3.16. The second kappa shape index (κ2) is 5.28. The van der Waals surface area contributed by atoms with E-state index in [2.05, 4.69) is 20.5 Å². The van der Waals surface area contributed by atoms with Gasteiger partial charge >= 0.3 is 6.18 Å². The first kappa shape index (κ1) is 15.9. The van der Waals surface area contributed by atoms with E-state index in [-0.39, 0.29) is 16.9 Å². The fourth-order valence-corrected chi connectivity index (χ4v) is 2.07. The van der Waals surface area contributed by atoms with E-state index in [0.29, 0.717) is 12.1 Å². The number of halogens is 6. The van der Waals surface area contributed by atoms with Crippen LogP contribution in [0.4, 0.5) is 43.7 Å². The predicted molar refractivity (Wildman–Crippen MR) is 72.9 cm³/mol. The summed E-state index contributed by atoms with van der Waals surface area (Å²) >= 11 is 0. The number of rotatable bonds is 2. The smallest absolute Gasteiger partial charge is 0.382 e. The van der Waals surface area contributed by atoms with E-state index >= 15 is 0 Å². The minimum Gasteiger partial charge on any atom is -0.382 e. The molecule has 0 saturated heterocycles. The topological polar surface area (TPSA) is 79.6 Å². The second-order valence-electron chi connectivity index (χ2n) is 4.73. The lowest BCUT2D eigenvalue weighted by atomic mass is 10.1. The molecule has 24 heavy (non-hydrogen) atoms. The van der Waals surface area contributed by atoms with Gasteiger partial charge in [-0.15, -0.1) is 0 Å². The molecule has 0 bridgehead atoms. The predicted octanol–water partition coefficient (Wildman–Crippen LogP) is 3.72. The van der Waals surface area contributed by atoms with Crippen LogP contribution in [0.25, 0.3) is 11.0 Å². The molecule has 5 nitrogen and oxygen atoms in total. The average molecular weight is 347 g/mol. The number of nitrogens with two attached hydrogens (primary N) is 1. The van der Waals surface area contributed by atoms with Gasteiger partial charge in [0.2, 0.25) is 0 Å². The SMILES string of the molecule is Nc1n[nH]c2nc(Nc3ccc(F)c(C(F)(F)F)c3F)c(F)cc12. The molecule has 0 aliphatic heterocycles. The highest BCUT2D eigenvalue weighted by Gasteiger charge is 2.38. The van der Waals surface area contributed by atoms with Crippen LogP contribution < -0.4 is 11.1 Å². The monoisotopic (exact) mass is 347 g/mol. The molecule has 3 aromatic rings. The average Bonchev–Trinajstić information content (AvgIpc) is 2.82. The third kappa shape index (κ3) is 2.57. The van der Waals surface area contributed by atoms with Crippen molar-refractivity contribution in [2.24, 2.45) is 0 Å². The Kier molecular flexibility index (Phi) is 3.50. The van der Waals surface area contributed by atoms with Crippen molar-refractivity contribution in [3.63, 3.8) is 0 Å². The number of alkyl halides is 3. The van der Waals surface area contributed by atoms with Gasteiger partial charge in [-0.2, -0.15) is 18.3 Å². The highest BCUT2D eigenvalue weighted by molar-refractivity contribution is 5.87. The fourth-order valence-electron chi connectivity index (χ4n) is 2.07. The molecule has 0 amide bonds. The largest absolute Gasteiger partial charge is 0.422 e. The fraction of sp³-hybridized carbons (Fsp3) is 0.0769. The van der Waals surface area contributed by atoms with E-state index in [1.54, 1.807) is 0 Å². The van der Waals surface area contributed by atoms with Crippen molar-refractivity contribution in [1.29, 1.82) is 0 Å². The molecule has 0 aliphatic rings. The van der Waals surface area contributed by atoms with Crippen LogP contribution in [0.3, 0.4) is 0 Å². The van der Waals surface area contributed by atoms with E-state index in [4.69, 9.17) is 5.73 Å². The molecule has 0 unspecified atom stereocenters. The summed E-state index contributed by atoms with van der Waals surface area (Å²) in [6.45, 7) is 0. The highest BCUT2D eigenvalue weighted by Crippen LogP contribution is 2.37. The lowest BCUT2D eigenvalue weighted by Gasteiger charge is -2.13. The zero-order valence-electron chi connectivity index (χ0n) is 11.5. The molecule has 3 rings (SSSR count). The van der Waals surface area contributed by atoms with E-state index in [9.17, 15) is 26.3 Å². The Morgan fingerprint density at radius 1 is 1.08 bits per heavy atom. The van der Waals surface area contributed by atoms with Crippen LogP contribution in [0, 0.1) is 17.5 Å². The molecule has 0 radical (unpaired) electrons. The summed E-state index contributed by atoms with van der Waals surface area (Å²) in [6, 6.07) is 2.04. The Labute approximate surface area is 129 Å². The quantitative estimate of drug-likeness (QED) is 0.618. The molecule has 4 N–H and O–H groups in total.